The molecule has 0 unspecified atom stereocenters. The second-order valence-corrected chi connectivity index (χ2v) is 9.02. The fourth-order valence-corrected chi connectivity index (χ4v) is 3.96. The van der Waals surface area contributed by atoms with Gasteiger partial charge in [0.2, 0.25) is 0 Å². The molecule has 3 aliphatic rings. The lowest BCUT2D eigenvalue weighted by Crippen LogP contribution is -2.57. The van der Waals surface area contributed by atoms with Gasteiger partial charge in [0, 0.05) is 5.56 Å². The number of nitrogens with zero attached hydrogens (tertiary/aromatic N) is 1. The first-order chi connectivity index (χ1) is 11.3. The maximum absolute atomic E-state index is 12.5. The molecule has 0 N–H and O–H groups in total. The first-order valence-corrected chi connectivity index (χ1v) is 9.42. The molecule has 2 bridgehead atoms. The Bertz CT molecular complexity index is 580. The Hall–Kier alpha value is -1.35. The van der Waals surface area contributed by atoms with Crippen molar-refractivity contribution in [2.75, 3.05) is 19.6 Å². The molecule has 0 aliphatic carbocycles. The highest BCUT2D eigenvalue weighted by molar-refractivity contribution is 5.89. The maximum Gasteiger partial charge on any atom is 0.338 e. The van der Waals surface area contributed by atoms with Crippen molar-refractivity contribution in [2.45, 2.75) is 59.6 Å². The van der Waals surface area contributed by atoms with Crippen LogP contribution in [-0.4, -0.2) is 36.2 Å². The van der Waals surface area contributed by atoms with Crippen LogP contribution in [0.25, 0.3) is 0 Å². The smallest absolute Gasteiger partial charge is 0.338 e. The number of carbonyl (C=O) groups is 1. The van der Waals surface area contributed by atoms with Gasteiger partial charge in [0.1, 0.15) is 12.6 Å². The van der Waals surface area contributed by atoms with E-state index in [1.165, 1.54) is 48.9 Å². The van der Waals surface area contributed by atoms with Crippen molar-refractivity contribution in [1.82, 2.24) is 0 Å². The number of benzene rings is 1. The minimum Gasteiger partial charge on any atom is -0.459 e. The zero-order valence-electron chi connectivity index (χ0n) is 15.7. The normalized spacial score (nSPS) is 27.8. The van der Waals surface area contributed by atoms with Crippen LogP contribution in [0, 0.1) is 11.3 Å². The van der Waals surface area contributed by atoms with E-state index in [4.69, 9.17) is 4.74 Å². The molecule has 0 saturated carbocycles. The SMILES string of the molecule is C[C@@H](OC(=O)c1cccc(C[N+]23CCC(CC2)CC3)c1)C(C)(C)C. The molecule has 0 radical (unpaired) electrons. The van der Waals surface area contributed by atoms with E-state index in [1.807, 2.05) is 25.1 Å². The van der Waals surface area contributed by atoms with E-state index in [0.717, 1.165) is 12.5 Å². The van der Waals surface area contributed by atoms with E-state index in [-0.39, 0.29) is 17.5 Å². The maximum atomic E-state index is 12.5. The summed E-state index contributed by atoms with van der Waals surface area (Å²) in [5, 5.41) is 0. The van der Waals surface area contributed by atoms with Gasteiger partial charge in [-0.3, -0.25) is 0 Å². The average Bonchev–Trinajstić information content (AvgIpc) is 2.55. The Balaban J connectivity index is 1.69. The molecule has 132 valence electrons. The Labute approximate surface area is 146 Å². The van der Waals surface area contributed by atoms with E-state index < -0.39 is 0 Å². The van der Waals surface area contributed by atoms with Gasteiger partial charge in [0.15, 0.2) is 0 Å². The lowest BCUT2D eigenvalue weighted by atomic mass is 9.85. The summed E-state index contributed by atoms with van der Waals surface area (Å²) in [6, 6.07) is 8.09. The van der Waals surface area contributed by atoms with Crippen LogP contribution in [0.3, 0.4) is 0 Å². The number of hydrogen-bond donors (Lipinski definition) is 0. The van der Waals surface area contributed by atoms with E-state index in [0.29, 0.717) is 5.56 Å². The van der Waals surface area contributed by atoms with Crippen LogP contribution in [0.5, 0.6) is 0 Å². The molecule has 1 aromatic rings. The van der Waals surface area contributed by atoms with Crippen LogP contribution in [0.15, 0.2) is 24.3 Å². The van der Waals surface area contributed by atoms with Gasteiger partial charge in [-0.25, -0.2) is 4.79 Å². The van der Waals surface area contributed by atoms with E-state index in [1.54, 1.807) is 0 Å². The third-order valence-corrected chi connectivity index (χ3v) is 6.22. The zero-order chi connectivity index (χ0) is 17.4. The van der Waals surface area contributed by atoms with Crippen molar-refractivity contribution in [3.8, 4) is 0 Å². The minimum atomic E-state index is -0.198. The molecule has 3 saturated heterocycles. The fraction of sp³-hybridized carbons (Fsp3) is 0.667. The Kier molecular flexibility index (Phi) is 4.74. The van der Waals surface area contributed by atoms with Crippen LogP contribution >= 0.6 is 0 Å². The number of piperidine rings is 3. The van der Waals surface area contributed by atoms with Gasteiger partial charge < -0.3 is 9.22 Å². The van der Waals surface area contributed by atoms with Gasteiger partial charge >= 0.3 is 5.97 Å². The predicted molar refractivity (Wildman–Crippen MR) is 96.7 cm³/mol. The molecular weight excluding hydrogens is 298 g/mol. The minimum absolute atomic E-state index is 0.0378. The first kappa shape index (κ1) is 17.5. The van der Waals surface area contributed by atoms with Crippen LogP contribution in [-0.2, 0) is 11.3 Å². The van der Waals surface area contributed by atoms with Crippen molar-refractivity contribution in [1.29, 1.82) is 0 Å². The molecule has 3 heteroatoms. The molecular formula is C21H32NO2+. The average molecular weight is 330 g/mol. The number of esters is 1. The van der Waals surface area contributed by atoms with Crippen molar-refractivity contribution < 1.29 is 14.0 Å². The number of ether oxygens (including phenoxy) is 1. The van der Waals surface area contributed by atoms with Crippen molar-refractivity contribution in [3.05, 3.63) is 35.4 Å². The van der Waals surface area contributed by atoms with Gasteiger partial charge in [-0.15, -0.1) is 0 Å². The summed E-state index contributed by atoms with van der Waals surface area (Å²) in [6.45, 7) is 13.2. The van der Waals surface area contributed by atoms with Crippen molar-refractivity contribution in [2.24, 2.45) is 11.3 Å². The van der Waals surface area contributed by atoms with Gasteiger partial charge in [0.05, 0.1) is 25.2 Å². The van der Waals surface area contributed by atoms with Crippen molar-refractivity contribution >= 4 is 5.97 Å². The lowest BCUT2D eigenvalue weighted by Gasteiger charge is -2.49. The highest BCUT2D eigenvalue weighted by Gasteiger charge is 2.39. The van der Waals surface area contributed by atoms with E-state index in [9.17, 15) is 4.79 Å². The molecule has 0 amide bonds. The van der Waals surface area contributed by atoms with E-state index in [2.05, 4.69) is 26.8 Å². The second kappa shape index (κ2) is 6.51. The number of rotatable bonds is 4. The molecule has 0 spiro atoms. The van der Waals surface area contributed by atoms with Crippen LogP contribution in [0.4, 0.5) is 0 Å². The predicted octanol–water partition coefficient (Wildman–Crippen LogP) is 4.41. The molecule has 1 atom stereocenters. The highest BCUT2D eigenvalue weighted by Crippen LogP contribution is 2.35. The summed E-state index contributed by atoms with van der Waals surface area (Å²) in [5.74, 6) is 0.779. The number of quaternary nitrogens is 1. The van der Waals surface area contributed by atoms with E-state index >= 15 is 0 Å². The van der Waals surface area contributed by atoms with Gasteiger partial charge in [-0.2, -0.15) is 0 Å². The van der Waals surface area contributed by atoms with Gasteiger partial charge in [-0.1, -0.05) is 32.9 Å². The topological polar surface area (TPSA) is 26.3 Å². The first-order valence-electron chi connectivity index (χ1n) is 9.42. The van der Waals surface area contributed by atoms with Crippen LogP contribution in [0.2, 0.25) is 0 Å². The summed E-state index contributed by atoms with van der Waals surface area (Å²) in [6.07, 6.45) is 4.04. The van der Waals surface area contributed by atoms with Crippen LogP contribution < -0.4 is 0 Å². The molecule has 3 fully saturated rings. The summed E-state index contributed by atoms with van der Waals surface area (Å²) in [5.41, 5.74) is 1.92. The summed E-state index contributed by atoms with van der Waals surface area (Å²) >= 11 is 0. The molecule has 24 heavy (non-hydrogen) atoms. The Morgan fingerprint density at radius 2 is 1.83 bits per heavy atom. The molecule has 0 aromatic heterocycles. The molecule has 4 rings (SSSR count). The summed E-state index contributed by atoms with van der Waals surface area (Å²) in [7, 11) is 0. The highest BCUT2D eigenvalue weighted by atomic mass is 16.5. The van der Waals surface area contributed by atoms with Gasteiger partial charge in [0.25, 0.3) is 0 Å². The molecule has 3 heterocycles. The number of fused-ring (bicyclic) bond motifs is 3. The number of hydrogen-bond acceptors (Lipinski definition) is 2. The quantitative estimate of drug-likeness (QED) is 0.604. The summed E-state index contributed by atoms with van der Waals surface area (Å²) in [4.78, 5) is 12.5. The molecule has 3 nitrogen and oxygen atoms in total. The third-order valence-electron chi connectivity index (χ3n) is 6.22. The van der Waals surface area contributed by atoms with Crippen molar-refractivity contribution in [3.63, 3.8) is 0 Å². The standard InChI is InChI=1S/C21H32NO2/c1-16(21(2,3)4)24-20(23)19-7-5-6-18(14-19)15-22-11-8-17(9-12-22)10-13-22/h5-7,14,16-17H,8-13,15H2,1-4H3/q+1/t16-,17?,22?/m1/s1. The zero-order valence-corrected chi connectivity index (χ0v) is 15.7. The Morgan fingerprint density at radius 3 is 2.42 bits per heavy atom. The monoisotopic (exact) mass is 330 g/mol. The van der Waals surface area contributed by atoms with Gasteiger partial charge in [-0.05, 0) is 49.7 Å². The largest absolute Gasteiger partial charge is 0.459 e. The molecule has 1 aromatic carbocycles. The lowest BCUT2D eigenvalue weighted by molar-refractivity contribution is -0.955. The second-order valence-electron chi connectivity index (χ2n) is 9.02. The fourth-order valence-electron chi connectivity index (χ4n) is 3.96. The molecule has 3 aliphatic heterocycles. The Morgan fingerprint density at radius 1 is 1.21 bits per heavy atom. The summed E-state index contributed by atoms with van der Waals surface area (Å²) < 4.78 is 6.88. The van der Waals surface area contributed by atoms with Crippen LogP contribution in [0.1, 0.15) is 62.9 Å². The number of carbonyl (C=O) groups excluding carboxylic acids is 1. The third kappa shape index (κ3) is 3.83.